The van der Waals surface area contributed by atoms with Crippen LogP contribution >= 0.6 is 12.0 Å². The van der Waals surface area contributed by atoms with Gasteiger partial charge in [-0.1, -0.05) is 35.4 Å². The van der Waals surface area contributed by atoms with Crippen molar-refractivity contribution in [3.05, 3.63) is 91.0 Å². The van der Waals surface area contributed by atoms with E-state index in [1.54, 1.807) is 30.3 Å². The fraction of sp³-hybridized carbons (Fsp3) is 0.0303. The van der Waals surface area contributed by atoms with E-state index in [0.29, 0.717) is 11.4 Å². The monoisotopic (exact) mass is 871 g/mol. The molecule has 21 nitrogen and oxygen atoms in total. The summed E-state index contributed by atoms with van der Waals surface area (Å²) in [6.45, 7) is 0. The first-order chi connectivity index (χ1) is 27.4. The van der Waals surface area contributed by atoms with Gasteiger partial charge in [0.1, 0.15) is 43.1 Å². The van der Waals surface area contributed by atoms with Crippen LogP contribution in [0.1, 0.15) is 0 Å². The third kappa shape index (κ3) is 8.62. The number of nitrogens with zero attached hydrogens (tertiary/aromatic N) is 6. The van der Waals surface area contributed by atoms with E-state index in [1.807, 2.05) is 0 Å². The summed E-state index contributed by atoms with van der Waals surface area (Å²) in [7, 11) is -14.0. The molecule has 58 heavy (non-hydrogen) atoms. The maximum absolute atomic E-state index is 12.9. The number of hydrogen-bond acceptors (Lipinski definition) is 19. The molecule has 6 rings (SSSR count). The van der Waals surface area contributed by atoms with Crippen molar-refractivity contribution in [2.24, 2.45) is 30.7 Å². The van der Waals surface area contributed by atoms with Gasteiger partial charge in [-0.15, -0.1) is 24.8 Å². The number of nitrogens with one attached hydrogen (secondary N) is 1. The highest BCUT2D eigenvalue weighted by Gasteiger charge is 2.27. The molecule has 0 amide bonds. The first-order valence-electron chi connectivity index (χ1n) is 15.7. The number of benzene rings is 6. The minimum Gasteiger partial charge on any atom is -0.505 e. The summed E-state index contributed by atoms with van der Waals surface area (Å²) in [4.78, 5) is -3.04. The molecule has 0 aliphatic heterocycles. The van der Waals surface area contributed by atoms with Crippen LogP contribution in [0.25, 0.3) is 21.5 Å². The van der Waals surface area contributed by atoms with Crippen LogP contribution in [0.4, 0.5) is 39.8 Å². The van der Waals surface area contributed by atoms with Gasteiger partial charge in [-0.05, 0) is 60.7 Å². The van der Waals surface area contributed by atoms with Gasteiger partial charge in [0.15, 0.2) is 11.5 Å². The van der Waals surface area contributed by atoms with Crippen LogP contribution in [0.2, 0.25) is 0 Å². The molecule has 0 spiro atoms. The number of azo groups is 3. The third-order valence-electron chi connectivity index (χ3n) is 7.97. The molecule has 0 saturated heterocycles. The molecule has 0 aliphatic carbocycles. The van der Waals surface area contributed by atoms with Crippen molar-refractivity contribution in [1.29, 1.82) is 0 Å². The molecule has 300 valence electrons. The second-order valence-corrected chi connectivity index (χ2v) is 16.4. The summed E-state index contributed by atoms with van der Waals surface area (Å²) >= 11 is 0.139. The largest absolute Gasteiger partial charge is 0.505 e. The van der Waals surface area contributed by atoms with Crippen LogP contribution < -0.4 is 5.32 Å². The van der Waals surface area contributed by atoms with Gasteiger partial charge in [-0.3, -0.25) is 13.7 Å². The Bertz CT molecular complexity index is 3040. The zero-order valence-corrected chi connectivity index (χ0v) is 32.2. The second kappa shape index (κ2) is 16.5. The fourth-order valence-corrected chi connectivity index (χ4v) is 8.17. The molecule has 0 saturated carbocycles. The van der Waals surface area contributed by atoms with Crippen LogP contribution in [-0.2, 0) is 39.7 Å². The van der Waals surface area contributed by atoms with Gasteiger partial charge in [0.05, 0.1) is 22.6 Å². The molecule has 0 aromatic heterocycles. The average molecular weight is 872 g/mol. The van der Waals surface area contributed by atoms with Crippen molar-refractivity contribution in [3.8, 4) is 11.5 Å². The highest BCUT2D eigenvalue weighted by molar-refractivity contribution is 7.94. The fourth-order valence-electron chi connectivity index (χ4n) is 5.59. The van der Waals surface area contributed by atoms with Crippen LogP contribution in [0.5, 0.6) is 11.5 Å². The van der Waals surface area contributed by atoms with E-state index in [9.17, 15) is 49.1 Å². The molecule has 0 aliphatic rings. The first-order valence-corrected chi connectivity index (χ1v) is 20.8. The molecule has 0 atom stereocenters. The van der Waals surface area contributed by atoms with E-state index >= 15 is 0 Å². The summed E-state index contributed by atoms with van der Waals surface area (Å²) < 4.78 is 110. The highest BCUT2D eigenvalue weighted by atomic mass is 32.2. The van der Waals surface area contributed by atoms with Crippen molar-refractivity contribution in [2.45, 2.75) is 19.6 Å². The van der Waals surface area contributed by atoms with Gasteiger partial charge >= 0.3 is 0 Å². The number of aromatic hydroxyl groups is 2. The number of phenolic OH excluding ortho intramolecular Hbond substituents is 2. The number of rotatable bonds is 13. The van der Waals surface area contributed by atoms with Crippen LogP contribution in [0.3, 0.4) is 0 Å². The van der Waals surface area contributed by atoms with Gasteiger partial charge in [-0.25, -0.2) is 5.26 Å². The van der Waals surface area contributed by atoms with Crippen molar-refractivity contribution in [2.75, 3.05) is 12.4 Å². The number of para-hydroxylation sites is 1. The van der Waals surface area contributed by atoms with Gasteiger partial charge in [0.25, 0.3) is 30.4 Å². The first kappa shape index (κ1) is 41.6. The smallest absolute Gasteiger partial charge is 0.297 e. The quantitative estimate of drug-likeness (QED) is 0.0187. The van der Waals surface area contributed by atoms with E-state index in [4.69, 9.17) is 5.26 Å². The Labute approximate surface area is 331 Å². The number of phenols is 2. The normalized spacial score (nSPS) is 12.8. The average Bonchev–Trinajstić information content (AvgIpc) is 3.16. The lowest BCUT2D eigenvalue weighted by molar-refractivity contribution is -0.432. The Hall–Kier alpha value is -6.00. The molecule has 0 fully saturated rings. The Balaban J connectivity index is 1.54. The van der Waals surface area contributed by atoms with Crippen LogP contribution in [-0.4, -0.2) is 61.4 Å². The molecular weight excluding hydrogens is 847 g/mol. The Kier molecular flexibility index (Phi) is 11.8. The molecule has 0 unspecified atom stereocenters. The van der Waals surface area contributed by atoms with Gasteiger partial charge < -0.3 is 15.5 Å². The van der Waals surface area contributed by atoms with Gasteiger partial charge in [0.2, 0.25) is 0 Å². The van der Waals surface area contributed by atoms with Crippen molar-refractivity contribution in [3.63, 3.8) is 0 Å². The van der Waals surface area contributed by atoms with Gasteiger partial charge in [0, 0.05) is 34.3 Å². The van der Waals surface area contributed by atoms with Crippen molar-refractivity contribution >= 4 is 104 Å². The summed E-state index contributed by atoms with van der Waals surface area (Å²) in [5.74, 6) is -1.69. The standard InChI is InChI=1S/C33H25N7O14S4/c1-34-38-28-20-16-27(57(47,48)49)30(32(42)18(20)11-13-23(28)35-17-7-3-2-4-8-17)40-37-24-14-12-19-21(33(24)58(50,51)52)15-25(55-54-53-43)29(31(19)41)39-36-22-9-5-6-10-26(22)56(44,45)46/h2-16,35,41-43H,1H3,(H,44,45,46)(H,47,48,49)(H,50,51,52). The number of hydrogen-bond donors (Lipinski definition) is 7. The van der Waals surface area contributed by atoms with Gasteiger partial charge in [-0.2, -0.15) is 35.5 Å². The molecule has 6 aromatic rings. The third-order valence-corrected chi connectivity index (χ3v) is 11.3. The lowest BCUT2D eigenvalue weighted by Crippen LogP contribution is -2.01. The summed E-state index contributed by atoms with van der Waals surface area (Å²) in [6.07, 6.45) is 0. The predicted octanol–water partition coefficient (Wildman–Crippen LogP) is 8.86. The Morgan fingerprint density at radius 3 is 1.84 bits per heavy atom. The zero-order valence-electron chi connectivity index (χ0n) is 28.9. The molecule has 7 N–H and O–H groups in total. The highest BCUT2D eigenvalue weighted by Crippen LogP contribution is 2.49. The van der Waals surface area contributed by atoms with E-state index in [2.05, 4.69) is 45.4 Å². The molecule has 0 bridgehead atoms. The van der Waals surface area contributed by atoms with Crippen molar-refractivity contribution in [1.82, 2.24) is 0 Å². The SMILES string of the molecule is CN=Nc1c(Nc2ccccc2)ccc2c(O)c(N=Nc3ccc4c(O)c(N=Nc5ccccc5S(=O)(=O)O)c(SOOO)cc4c3S(=O)(=O)O)c(S(=O)(=O)O)cc12. The molecule has 25 heteroatoms. The lowest BCUT2D eigenvalue weighted by atomic mass is 10.0. The van der Waals surface area contributed by atoms with E-state index in [-0.39, 0.29) is 44.5 Å². The van der Waals surface area contributed by atoms with Crippen LogP contribution in [0.15, 0.2) is 141 Å². The van der Waals surface area contributed by atoms with E-state index in [1.165, 1.54) is 31.3 Å². The molecular formula is C33H25N7O14S4. The van der Waals surface area contributed by atoms with E-state index in [0.717, 1.165) is 36.4 Å². The Morgan fingerprint density at radius 2 is 1.19 bits per heavy atom. The predicted molar refractivity (Wildman–Crippen MR) is 206 cm³/mol. The van der Waals surface area contributed by atoms with Crippen molar-refractivity contribution < 1.29 is 63.8 Å². The number of anilines is 2. The topological polar surface area (TPSA) is 328 Å². The maximum Gasteiger partial charge on any atom is 0.297 e. The minimum absolute atomic E-state index is 0.0102. The Morgan fingerprint density at radius 1 is 0.586 bits per heavy atom. The summed E-state index contributed by atoms with van der Waals surface area (Å²) in [5, 5.41) is 60.4. The second-order valence-electron chi connectivity index (χ2n) is 11.5. The summed E-state index contributed by atoms with van der Waals surface area (Å²) in [5.41, 5.74) is -1.43. The molecule has 6 aromatic carbocycles. The van der Waals surface area contributed by atoms with Crippen LogP contribution in [0, 0.1) is 0 Å². The zero-order chi connectivity index (χ0) is 42.0. The molecule has 0 heterocycles. The minimum atomic E-state index is -5.34. The number of fused-ring (bicyclic) bond motifs is 2. The molecule has 0 radical (unpaired) electrons. The van der Waals surface area contributed by atoms with E-state index < -0.39 is 79.0 Å². The summed E-state index contributed by atoms with van der Waals surface area (Å²) in [6, 6.07) is 20.4. The maximum atomic E-state index is 12.9. The lowest BCUT2D eigenvalue weighted by Gasteiger charge is -2.15.